The summed E-state index contributed by atoms with van der Waals surface area (Å²) in [5, 5.41) is 3.56. The number of ether oxygens (including phenoxy) is 1. The first-order valence-corrected chi connectivity index (χ1v) is 7.64. The first-order valence-electron chi connectivity index (χ1n) is 7.64. The summed E-state index contributed by atoms with van der Waals surface area (Å²) in [4.78, 5) is 0. The number of benzene rings is 1. The van der Waals surface area contributed by atoms with Crippen LogP contribution in [0.15, 0.2) is 24.3 Å². The van der Waals surface area contributed by atoms with Gasteiger partial charge in [-0.2, -0.15) is 0 Å². The van der Waals surface area contributed by atoms with Crippen molar-refractivity contribution in [2.24, 2.45) is 5.92 Å². The molecule has 1 aliphatic rings. The molecule has 19 heavy (non-hydrogen) atoms. The molecular formula is C17H27NO. The fourth-order valence-corrected chi connectivity index (χ4v) is 2.75. The molecule has 0 aromatic heterocycles. The molecule has 1 heterocycles. The van der Waals surface area contributed by atoms with Gasteiger partial charge in [0.25, 0.3) is 0 Å². The third kappa shape index (κ3) is 4.05. The lowest BCUT2D eigenvalue weighted by Crippen LogP contribution is -2.35. The summed E-state index contributed by atoms with van der Waals surface area (Å²) in [5.74, 6) is 0.601. The van der Waals surface area contributed by atoms with E-state index in [1.54, 1.807) is 0 Å². The van der Waals surface area contributed by atoms with Gasteiger partial charge < -0.3 is 10.1 Å². The fraction of sp³-hybridized carbons (Fsp3) is 0.647. The van der Waals surface area contributed by atoms with Crippen molar-refractivity contribution in [2.45, 2.75) is 52.2 Å². The normalized spacial score (nSPS) is 23.8. The van der Waals surface area contributed by atoms with Crippen LogP contribution in [0.2, 0.25) is 0 Å². The lowest BCUT2D eigenvalue weighted by atomic mass is 9.89. The summed E-state index contributed by atoms with van der Waals surface area (Å²) in [7, 11) is 0. The van der Waals surface area contributed by atoms with Crippen molar-refractivity contribution in [2.75, 3.05) is 13.2 Å². The molecule has 1 aliphatic heterocycles. The van der Waals surface area contributed by atoms with Crippen LogP contribution in [0.1, 0.15) is 50.8 Å². The molecule has 2 heteroatoms. The van der Waals surface area contributed by atoms with E-state index >= 15 is 0 Å². The van der Waals surface area contributed by atoms with Crippen LogP contribution in [-0.2, 0) is 11.2 Å². The predicted molar refractivity (Wildman–Crippen MR) is 80.4 cm³/mol. The highest BCUT2D eigenvalue weighted by molar-refractivity contribution is 5.25. The molecule has 2 atom stereocenters. The molecule has 0 spiro atoms. The van der Waals surface area contributed by atoms with E-state index < -0.39 is 0 Å². The number of rotatable bonds is 5. The molecular weight excluding hydrogens is 234 g/mol. The van der Waals surface area contributed by atoms with Crippen LogP contribution < -0.4 is 5.32 Å². The quantitative estimate of drug-likeness (QED) is 0.872. The number of hydrogen-bond donors (Lipinski definition) is 1. The summed E-state index contributed by atoms with van der Waals surface area (Å²) < 4.78 is 6.04. The van der Waals surface area contributed by atoms with Crippen LogP contribution in [0.25, 0.3) is 0 Å². The van der Waals surface area contributed by atoms with Crippen molar-refractivity contribution >= 4 is 0 Å². The average molecular weight is 261 g/mol. The summed E-state index contributed by atoms with van der Waals surface area (Å²) >= 11 is 0. The Morgan fingerprint density at radius 1 is 1.26 bits per heavy atom. The molecule has 1 fully saturated rings. The van der Waals surface area contributed by atoms with Gasteiger partial charge in [0, 0.05) is 25.1 Å². The molecule has 1 aromatic carbocycles. The zero-order valence-corrected chi connectivity index (χ0v) is 12.5. The Kier molecular flexibility index (Phi) is 5.41. The van der Waals surface area contributed by atoms with Gasteiger partial charge in [0.05, 0.1) is 6.10 Å². The highest BCUT2D eigenvalue weighted by Crippen LogP contribution is 2.33. The van der Waals surface area contributed by atoms with E-state index in [1.165, 1.54) is 24.0 Å². The topological polar surface area (TPSA) is 21.3 Å². The van der Waals surface area contributed by atoms with Gasteiger partial charge in [-0.25, -0.2) is 0 Å². The molecule has 1 aromatic rings. The Bertz CT molecular complexity index is 371. The zero-order chi connectivity index (χ0) is 13.7. The van der Waals surface area contributed by atoms with Gasteiger partial charge in [-0.05, 0) is 30.4 Å². The maximum atomic E-state index is 6.04. The molecule has 1 saturated heterocycles. The largest absolute Gasteiger partial charge is 0.373 e. The lowest BCUT2D eigenvalue weighted by Gasteiger charge is -2.33. The number of nitrogens with one attached hydrogen (secondary N) is 1. The molecule has 0 bridgehead atoms. The van der Waals surface area contributed by atoms with Gasteiger partial charge >= 0.3 is 0 Å². The van der Waals surface area contributed by atoms with E-state index in [1.807, 2.05) is 0 Å². The first-order chi connectivity index (χ1) is 9.20. The third-order valence-electron chi connectivity index (χ3n) is 3.95. The highest BCUT2D eigenvalue weighted by Gasteiger charge is 2.27. The molecule has 2 unspecified atom stereocenters. The highest BCUT2D eigenvalue weighted by atomic mass is 16.5. The van der Waals surface area contributed by atoms with Crippen molar-refractivity contribution in [3.05, 3.63) is 35.4 Å². The zero-order valence-electron chi connectivity index (χ0n) is 12.5. The van der Waals surface area contributed by atoms with Gasteiger partial charge in [0.1, 0.15) is 0 Å². The first kappa shape index (κ1) is 14.5. The van der Waals surface area contributed by atoms with Crippen molar-refractivity contribution in [3.8, 4) is 0 Å². The third-order valence-corrected chi connectivity index (χ3v) is 3.95. The molecule has 2 nitrogen and oxygen atoms in total. The number of hydrogen-bond acceptors (Lipinski definition) is 2. The van der Waals surface area contributed by atoms with Crippen LogP contribution in [0.3, 0.4) is 0 Å². The second-order valence-electron chi connectivity index (χ2n) is 5.85. The fourth-order valence-electron chi connectivity index (χ4n) is 2.75. The molecule has 2 rings (SSSR count). The van der Waals surface area contributed by atoms with E-state index in [0.29, 0.717) is 12.0 Å². The summed E-state index contributed by atoms with van der Waals surface area (Å²) in [5.41, 5.74) is 2.74. The molecule has 0 aliphatic carbocycles. The molecule has 1 N–H and O–H groups in total. The minimum absolute atomic E-state index is 0.269. The summed E-state index contributed by atoms with van der Waals surface area (Å²) in [6.45, 7) is 8.56. The Morgan fingerprint density at radius 2 is 2.00 bits per heavy atom. The summed E-state index contributed by atoms with van der Waals surface area (Å²) in [6, 6.07) is 9.51. The van der Waals surface area contributed by atoms with E-state index in [0.717, 1.165) is 19.6 Å². The molecule has 0 amide bonds. The van der Waals surface area contributed by atoms with E-state index in [9.17, 15) is 0 Å². The molecule has 0 radical (unpaired) electrons. The van der Waals surface area contributed by atoms with Gasteiger partial charge in [-0.1, -0.05) is 45.0 Å². The van der Waals surface area contributed by atoms with Gasteiger partial charge in [0.15, 0.2) is 0 Å². The number of aryl methyl sites for hydroxylation is 1. The van der Waals surface area contributed by atoms with Crippen molar-refractivity contribution in [1.82, 2.24) is 5.32 Å². The Morgan fingerprint density at radius 3 is 2.63 bits per heavy atom. The van der Waals surface area contributed by atoms with Gasteiger partial charge in [-0.15, -0.1) is 0 Å². The van der Waals surface area contributed by atoms with Crippen LogP contribution in [-0.4, -0.2) is 19.2 Å². The van der Waals surface area contributed by atoms with Crippen molar-refractivity contribution in [1.29, 1.82) is 0 Å². The predicted octanol–water partition coefficient (Wildman–Crippen LogP) is 3.71. The van der Waals surface area contributed by atoms with Crippen LogP contribution in [0.5, 0.6) is 0 Å². The smallest absolute Gasteiger partial charge is 0.0865 e. The van der Waals surface area contributed by atoms with Crippen molar-refractivity contribution in [3.63, 3.8) is 0 Å². The average Bonchev–Trinajstić information content (AvgIpc) is 2.45. The second-order valence-corrected chi connectivity index (χ2v) is 5.85. The molecule has 0 saturated carbocycles. The van der Waals surface area contributed by atoms with Gasteiger partial charge in [0.2, 0.25) is 0 Å². The van der Waals surface area contributed by atoms with Gasteiger partial charge in [-0.3, -0.25) is 0 Å². The Balaban J connectivity index is 2.04. The van der Waals surface area contributed by atoms with Crippen LogP contribution in [0, 0.1) is 5.92 Å². The van der Waals surface area contributed by atoms with E-state index in [-0.39, 0.29) is 6.10 Å². The van der Waals surface area contributed by atoms with E-state index in [4.69, 9.17) is 4.74 Å². The van der Waals surface area contributed by atoms with E-state index in [2.05, 4.69) is 50.4 Å². The lowest BCUT2D eigenvalue weighted by molar-refractivity contribution is -0.0282. The monoisotopic (exact) mass is 261 g/mol. The summed E-state index contributed by atoms with van der Waals surface area (Å²) in [6.07, 6.45) is 3.82. The van der Waals surface area contributed by atoms with Crippen LogP contribution in [0.4, 0.5) is 0 Å². The maximum absolute atomic E-state index is 6.04. The van der Waals surface area contributed by atoms with Crippen LogP contribution >= 0.6 is 0 Å². The Hall–Kier alpha value is -0.860. The van der Waals surface area contributed by atoms with Crippen molar-refractivity contribution < 1.29 is 4.74 Å². The molecule has 106 valence electrons. The minimum Gasteiger partial charge on any atom is -0.373 e. The second kappa shape index (κ2) is 7.06. The maximum Gasteiger partial charge on any atom is 0.0865 e. The SMILES string of the molecule is CCc1ccc(C2OCCCC2CNC(C)C)cc1. The standard InChI is InChI=1S/C17H27NO/c1-4-14-7-9-15(10-8-14)17-16(6-5-11-19-17)12-18-13(2)3/h7-10,13,16-18H,4-6,11-12H2,1-3H3. The minimum atomic E-state index is 0.269. The Labute approximate surface area is 117 Å².